The first kappa shape index (κ1) is 18.7. The molecule has 0 atom stereocenters. The van der Waals surface area contributed by atoms with E-state index in [0.29, 0.717) is 5.56 Å². The second kappa shape index (κ2) is 8.31. The molecular formula is C17H22O6. The summed E-state index contributed by atoms with van der Waals surface area (Å²) in [4.78, 5) is 35.1. The molecule has 1 rings (SSSR count). The van der Waals surface area contributed by atoms with Crippen molar-refractivity contribution in [1.29, 1.82) is 0 Å². The number of ether oxygens (including phenoxy) is 2. The topological polar surface area (TPSA) is 89.9 Å². The molecule has 0 spiro atoms. The maximum absolute atomic E-state index is 12.2. The van der Waals surface area contributed by atoms with Crippen molar-refractivity contribution >= 4 is 17.9 Å². The minimum absolute atomic E-state index is 0.0761. The van der Waals surface area contributed by atoms with Crippen LogP contribution in [0.15, 0.2) is 24.3 Å². The van der Waals surface area contributed by atoms with E-state index in [-0.39, 0.29) is 26.1 Å². The Morgan fingerprint density at radius 1 is 0.957 bits per heavy atom. The van der Waals surface area contributed by atoms with Crippen molar-refractivity contribution in [2.75, 3.05) is 13.2 Å². The average Bonchev–Trinajstić information content (AvgIpc) is 2.49. The minimum Gasteiger partial charge on any atom is -0.481 e. The molecule has 0 fully saturated rings. The SMILES string of the molecule is CCOC(=O)C(C)(Cc1ccc(CC(=O)O)cc1)C(=O)OCC. The van der Waals surface area contributed by atoms with Gasteiger partial charge in [-0.25, -0.2) is 0 Å². The van der Waals surface area contributed by atoms with Crippen LogP contribution in [-0.2, 0) is 36.7 Å². The van der Waals surface area contributed by atoms with Crippen molar-refractivity contribution in [3.63, 3.8) is 0 Å². The van der Waals surface area contributed by atoms with Gasteiger partial charge >= 0.3 is 17.9 Å². The summed E-state index contributed by atoms with van der Waals surface area (Å²) in [6.45, 7) is 5.18. The average molecular weight is 322 g/mol. The highest BCUT2D eigenvalue weighted by atomic mass is 16.6. The van der Waals surface area contributed by atoms with Gasteiger partial charge in [-0.15, -0.1) is 0 Å². The van der Waals surface area contributed by atoms with Gasteiger partial charge in [0.25, 0.3) is 0 Å². The molecule has 0 unspecified atom stereocenters. The molecular weight excluding hydrogens is 300 g/mol. The van der Waals surface area contributed by atoms with Crippen LogP contribution in [0.3, 0.4) is 0 Å². The molecule has 6 heteroatoms. The van der Waals surface area contributed by atoms with Crippen molar-refractivity contribution < 1.29 is 29.0 Å². The lowest BCUT2D eigenvalue weighted by molar-refractivity contribution is -0.170. The van der Waals surface area contributed by atoms with E-state index in [2.05, 4.69) is 0 Å². The molecule has 0 aliphatic heterocycles. The largest absolute Gasteiger partial charge is 0.481 e. The molecule has 0 amide bonds. The van der Waals surface area contributed by atoms with Gasteiger partial charge in [0.15, 0.2) is 5.41 Å². The molecule has 0 bridgehead atoms. The maximum atomic E-state index is 12.2. The lowest BCUT2D eigenvalue weighted by Gasteiger charge is -2.25. The van der Waals surface area contributed by atoms with Crippen LogP contribution in [0.5, 0.6) is 0 Å². The molecule has 126 valence electrons. The summed E-state index contributed by atoms with van der Waals surface area (Å²) in [6, 6.07) is 6.74. The number of carboxylic acid groups (broad SMARTS) is 1. The van der Waals surface area contributed by atoms with Crippen molar-refractivity contribution in [3.8, 4) is 0 Å². The van der Waals surface area contributed by atoms with E-state index in [1.165, 1.54) is 6.92 Å². The minimum atomic E-state index is -1.43. The monoisotopic (exact) mass is 322 g/mol. The molecule has 0 saturated carbocycles. The zero-order valence-electron chi connectivity index (χ0n) is 13.6. The fraction of sp³-hybridized carbons (Fsp3) is 0.471. The standard InChI is InChI=1S/C17H22O6/c1-4-22-15(20)17(3,16(21)23-5-2)11-13-8-6-12(7-9-13)10-14(18)19/h6-9H,4-5,10-11H2,1-3H3,(H,18,19). The number of carbonyl (C=O) groups is 3. The van der Waals surface area contributed by atoms with Crippen LogP contribution in [0.25, 0.3) is 0 Å². The van der Waals surface area contributed by atoms with Crippen molar-refractivity contribution in [1.82, 2.24) is 0 Å². The summed E-state index contributed by atoms with van der Waals surface area (Å²) in [5, 5.41) is 8.76. The first-order chi connectivity index (χ1) is 10.8. The van der Waals surface area contributed by atoms with E-state index >= 15 is 0 Å². The summed E-state index contributed by atoms with van der Waals surface area (Å²) in [5.74, 6) is -2.18. The number of benzene rings is 1. The number of carboxylic acids is 1. The van der Waals surface area contributed by atoms with Gasteiger partial charge in [0, 0.05) is 0 Å². The van der Waals surface area contributed by atoms with Gasteiger partial charge in [-0.2, -0.15) is 0 Å². The molecule has 1 aromatic carbocycles. The molecule has 0 heterocycles. The van der Waals surface area contributed by atoms with Crippen molar-refractivity contribution in [2.45, 2.75) is 33.6 Å². The Morgan fingerprint density at radius 2 is 1.39 bits per heavy atom. The highest BCUT2D eigenvalue weighted by Crippen LogP contribution is 2.27. The Labute approximate surface area is 135 Å². The third-order valence-electron chi connectivity index (χ3n) is 3.39. The molecule has 0 aliphatic carbocycles. The summed E-state index contributed by atoms with van der Waals surface area (Å²) in [6.07, 6.45) is 0.0469. The number of carbonyl (C=O) groups excluding carboxylic acids is 2. The van der Waals surface area contributed by atoms with Crippen molar-refractivity contribution in [3.05, 3.63) is 35.4 Å². The normalized spacial score (nSPS) is 10.9. The Hall–Kier alpha value is -2.37. The van der Waals surface area contributed by atoms with Crippen LogP contribution >= 0.6 is 0 Å². The van der Waals surface area contributed by atoms with Gasteiger partial charge in [0.05, 0.1) is 19.6 Å². The number of esters is 2. The first-order valence-electron chi connectivity index (χ1n) is 7.47. The zero-order valence-corrected chi connectivity index (χ0v) is 13.6. The first-order valence-corrected chi connectivity index (χ1v) is 7.47. The zero-order chi connectivity index (χ0) is 17.5. The smallest absolute Gasteiger partial charge is 0.323 e. The van der Waals surface area contributed by atoms with Gasteiger partial charge in [-0.1, -0.05) is 24.3 Å². The van der Waals surface area contributed by atoms with Gasteiger partial charge in [-0.3, -0.25) is 14.4 Å². The lowest BCUT2D eigenvalue weighted by atomic mass is 9.83. The summed E-state index contributed by atoms with van der Waals surface area (Å²) in [7, 11) is 0. The fourth-order valence-electron chi connectivity index (χ4n) is 2.17. The Bertz CT molecular complexity index is 543. The molecule has 1 aromatic rings. The Balaban J connectivity index is 2.98. The van der Waals surface area contributed by atoms with E-state index in [9.17, 15) is 14.4 Å². The van der Waals surface area contributed by atoms with Crippen LogP contribution in [-0.4, -0.2) is 36.2 Å². The number of hydrogen-bond donors (Lipinski definition) is 1. The van der Waals surface area contributed by atoms with Crippen LogP contribution in [0.1, 0.15) is 31.9 Å². The number of rotatable bonds is 8. The van der Waals surface area contributed by atoms with E-state index < -0.39 is 23.3 Å². The quantitative estimate of drug-likeness (QED) is 0.581. The third kappa shape index (κ3) is 5.09. The van der Waals surface area contributed by atoms with Crippen LogP contribution in [0, 0.1) is 5.41 Å². The van der Waals surface area contributed by atoms with Gasteiger partial charge in [-0.05, 0) is 38.3 Å². The van der Waals surface area contributed by atoms with Gasteiger partial charge in [0.2, 0.25) is 0 Å². The second-order valence-electron chi connectivity index (χ2n) is 5.34. The van der Waals surface area contributed by atoms with Crippen LogP contribution < -0.4 is 0 Å². The molecule has 0 aliphatic rings. The van der Waals surface area contributed by atoms with Gasteiger partial charge < -0.3 is 14.6 Å². The second-order valence-corrected chi connectivity index (χ2v) is 5.34. The highest BCUT2D eigenvalue weighted by Gasteiger charge is 2.44. The predicted octanol–water partition coefficient (Wildman–Crippen LogP) is 1.99. The number of aliphatic carboxylic acids is 1. The molecule has 0 aromatic heterocycles. The molecule has 0 radical (unpaired) electrons. The molecule has 23 heavy (non-hydrogen) atoms. The summed E-state index contributed by atoms with van der Waals surface area (Å²) >= 11 is 0. The Morgan fingerprint density at radius 3 is 1.78 bits per heavy atom. The number of hydrogen-bond acceptors (Lipinski definition) is 5. The Kier molecular flexibility index (Phi) is 6.75. The van der Waals surface area contributed by atoms with E-state index in [0.717, 1.165) is 5.56 Å². The van der Waals surface area contributed by atoms with Crippen molar-refractivity contribution in [2.24, 2.45) is 5.41 Å². The van der Waals surface area contributed by atoms with E-state index in [1.807, 2.05) is 0 Å². The predicted molar refractivity (Wildman–Crippen MR) is 82.9 cm³/mol. The van der Waals surface area contributed by atoms with Crippen LogP contribution in [0.4, 0.5) is 0 Å². The summed E-state index contributed by atoms with van der Waals surface area (Å²) in [5.41, 5.74) is -0.0571. The fourth-order valence-corrected chi connectivity index (χ4v) is 2.17. The molecule has 1 N–H and O–H groups in total. The molecule has 0 saturated heterocycles. The maximum Gasteiger partial charge on any atom is 0.323 e. The lowest BCUT2D eigenvalue weighted by Crippen LogP contribution is -2.41. The van der Waals surface area contributed by atoms with E-state index in [4.69, 9.17) is 14.6 Å². The third-order valence-corrected chi connectivity index (χ3v) is 3.39. The van der Waals surface area contributed by atoms with Crippen LogP contribution in [0.2, 0.25) is 0 Å². The highest BCUT2D eigenvalue weighted by molar-refractivity contribution is 5.99. The van der Waals surface area contributed by atoms with E-state index in [1.54, 1.807) is 38.1 Å². The molecule has 6 nitrogen and oxygen atoms in total. The summed E-state index contributed by atoms with van der Waals surface area (Å²) < 4.78 is 10.0. The van der Waals surface area contributed by atoms with Gasteiger partial charge in [0.1, 0.15) is 0 Å².